The summed E-state index contributed by atoms with van der Waals surface area (Å²) in [5.41, 5.74) is 5.90. The zero-order valence-corrected chi connectivity index (χ0v) is 9.90. The summed E-state index contributed by atoms with van der Waals surface area (Å²) < 4.78 is 6.73. The number of rotatable bonds is 5. The van der Waals surface area contributed by atoms with E-state index in [1.165, 1.54) is 0 Å². The summed E-state index contributed by atoms with van der Waals surface area (Å²) in [6.45, 7) is 4.75. The highest BCUT2D eigenvalue weighted by atomic mass is 16.5. The van der Waals surface area contributed by atoms with Crippen molar-refractivity contribution in [2.24, 2.45) is 18.7 Å². The van der Waals surface area contributed by atoms with Crippen LogP contribution in [0.5, 0.6) is 0 Å². The number of hydrogen-bond donors (Lipinski definition) is 1. The Balaban J connectivity index is 2.76. The first-order chi connectivity index (χ1) is 7.04. The molecule has 0 aliphatic rings. The van der Waals surface area contributed by atoms with Gasteiger partial charge in [0.1, 0.15) is 5.82 Å². The van der Waals surface area contributed by atoms with Crippen molar-refractivity contribution in [2.45, 2.75) is 26.3 Å². The van der Waals surface area contributed by atoms with Gasteiger partial charge in [-0.05, 0) is 5.92 Å². The third-order valence-electron chi connectivity index (χ3n) is 2.11. The van der Waals surface area contributed by atoms with Gasteiger partial charge in [-0.15, -0.1) is 0 Å². The first kappa shape index (κ1) is 12.1. The van der Waals surface area contributed by atoms with E-state index in [1.54, 1.807) is 11.8 Å². The van der Waals surface area contributed by atoms with Crippen LogP contribution in [0, 0.1) is 5.92 Å². The highest BCUT2D eigenvalue weighted by Gasteiger charge is 2.14. The highest BCUT2D eigenvalue weighted by Crippen LogP contribution is 2.09. The average molecular weight is 212 g/mol. The fourth-order valence-electron chi connectivity index (χ4n) is 1.48. The number of nitrogens with two attached hydrogens (primary N) is 1. The van der Waals surface area contributed by atoms with Gasteiger partial charge in [-0.1, -0.05) is 13.8 Å². The summed E-state index contributed by atoms with van der Waals surface area (Å²) in [6.07, 6.45) is 0.882. The first-order valence-corrected chi connectivity index (χ1v) is 5.19. The molecule has 1 unspecified atom stereocenters. The zero-order chi connectivity index (χ0) is 11.4. The van der Waals surface area contributed by atoms with E-state index in [0.29, 0.717) is 12.5 Å². The third kappa shape index (κ3) is 3.28. The molecule has 0 fully saturated rings. The Morgan fingerprint density at radius 2 is 2.13 bits per heavy atom. The lowest BCUT2D eigenvalue weighted by Gasteiger charge is -2.08. The fraction of sp³-hybridized carbons (Fsp3) is 0.800. The lowest BCUT2D eigenvalue weighted by molar-refractivity contribution is 0.177. The summed E-state index contributed by atoms with van der Waals surface area (Å²) >= 11 is 0. The Morgan fingerprint density at radius 3 is 2.67 bits per heavy atom. The van der Waals surface area contributed by atoms with E-state index >= 15 is 0 Å². The summed E-state index contributed by atoms with van der Waals surface area (Å²) in [5.74, 6) is 2.19. The van der Waals surface area contributed by atoms with Crippen LogP contribution in [0.3, 0.4) is 0 Å². The van der Waals surface area contributed by atoms with Gasteiger partial charge in [0.05, 0.1) is 12.6 Å². The Hall–Kier alpha value is -0.940. The summed E-state index contributed by atoms with van der Waals surface area (Å²) in [5, 5.41) is 4.32. The van der Waals surface area contributed by atoms with Crippen molar-refractivity contribution in [3.8, 4) is 0 Å². The molecule has 0 saturated heterocycles. The Morgan fingerprint density at radius 1 is 1.47 bits per heavy atom. The predicted molar refractivity (Wildman–Crippen MR) is 58.3 cm³/mol. The predicted octanol–water partition coefficient (Wildman–Crippen LogP) is 0.660. The van der Waals surface area contributed by atoms with Crippen LogP contribution in [0.1, 0.15) is 31.5 Å². The maximum absolute atomic E-state index is 5.90. The van der Waals surface area contributed by atoms with Gasteiger partial charge in [0, 0.05) is 20.6 Å². The van der Waals surface area contributed by atoms with Crippen LogP contribution in [-0.2, 0) is 18.2 Å². The van der Waals surface area contributed by atoms with Gasteiger partial charge in [-0.3, -0.25) is 4.68 Å². The topological polar surface area (TPSA) is 66.0 Å². The van der Waals surface area contributed by atoms with E-state index in [9.17, 15) is 0 Å². The molecule has 0 aliphatic heterocycles. The standard InChI is InChI=1S/C10H20N4O/c1-7(2)5-9-12-10(14(3)13-9)8(11)6-15-4/h7-8H,5-6,11H2,1-4H3. The summed E-state index contributed by atoms with van der Waals surface area (Å²) in [7, 11) is 3.49. The van der Waals surface area contributed by atoms with E-state index in [4.69, 9.17) is 10.5 Å². The van der Waals surface area contributed by atoms with Crippen molar-refractivity contribution in [3.63, 3.8) is 0 Å². The minimum atomic E-state index is -0.201. The largest absolute Gasteiger partial charge is 0.383 e. The highest BCUT2D eigenvalue weighted by molar-refractivity contribution is 4.98. The number of hydrogen-bond acceptors (Lipinski definition) is 4. The minimum absolute atomic E-state index is 0.201. The molecule has 1 rings (SSSR count). The summed E-state index contributed by atoms with van der Waals surface area (Å²) in [6, 6.07) is -0.201. The molecule has 1 aromatic heterocycles. The van der Waals surface area contributed by atoms with Crippen LogP contribution in [0.15, 0.2) is 0 Å². The van der Waals surface area contributed by atoms with Crippen LogP contribution in [-0.4, -0.2) is 28.5 Å². The molecule has 1 heterocycles. The molecule has 5 nitrogen and oxygen atoms in total. The molecule has 0 aliphatic carbocycles. The normalized spacial score (nSPS) is 13.5. The fourth-order valence-corrected chi connectivity index (χ4v) is 1.48. The van der Waals surface area contributed by atoms with Gasteiger partial charge in [-0.25, -0.2) is 4.98 Å². The molecule has 0 amide bonds. The smallest absolute Gasteiger partial charge is 0.151 e. The molecule has 0 radical (unpaired) electrons. The molecular formula is C10H20N4O. The first-order valence-electron chi connectivity index (χ1n) is 5.19. The Bertz CT molecular complexity index is 308. The molecule has 0 bridgehead atoms. The van der Waals surface area contributed by atoms with E-state index < -0.39 is 0 Å². The molecule has 5 heteroatoms. The van der Waals surface area contributed by atoms with Crippen molar-refractivity contribution in [1.82, 2.24) is 14.8 Å². The van der Waals surface area contributed by atoms with E-state index in [2.05, 4.69) is 23.9 Å². The molecule has 1 atom stereocenters. The second kappa shape index (κ2) is 5.23. The molecule has 86 valence electrons. The van der Waals surface area contributed by atoms with E-state index in [1.807, 2.05) is 7.05 Å². The maximum Gasteiger partial charge on any atom is 0.151 e. The second-order valence-electron chi connectivity index (χ2n) is 4.17. The maximum atomic E-state index is 5.90. The van der Waals surface area contributed by atoms with Crippen LogP contribution in [0.25, 0.3) is 0 Å². The summed E-state index contributed by atoms with van der Waals surface area (Å²) in [4.78, 5) is 4.42. The van der Waals surface area contributed by atoms with Gasteiger partial charge >= 0.3 is 0 Å². The molecule has 0 spiro atoms. The lowest BCUT2D eigenvalue weighted by Crippen LogP contribution is -2.20. The lowest BCUT2D eigenvalue weighted by atomic mass is 10.1. The number of nitrogens with zero attached hydrogens (tertiary/aromatic N) is 3. The Labute approximate surface area is 90.6 Å². The molecule has 2 N–H and O–H groups in total. The SMILES string of the molecule is COCC(N)c1nc(CC(C)C)nn1C. The second-order valence-corrected chi connectivity index (χ2v) is 4.17. The van der Waals surface area contributed by atoms with Crippen LogP contribution >= 0.6 is 0 Å². The van der Waals surface area contributed by atoms with Crippen molar-refractivity contribution in [2.75, 3.05) is 13.7 Å². The van der Waals surface area contributed by atoms with Gasteiger partial charge in [0.25, 0.3) is 0 Å². The van der Waals surface area contributed by atoms with Crippen molar-refractivity contribution in [1.29, 1.82) is 0 Å². The van der Waals surface area contributed by atoms with Gasteiger partial charge in [0.2, 0.25) is 0 Å². The molecular weight excluding hydrogens is 192 g/mol. The Kier molecular flexibility index (Phi) is 4.23. The average Bonchev–Trinajstić information content (AvgIpc) is 2.46. The van der Waals surface area contributed by atoms with Gasteiger partial charge < -0.3 is 10.5 Å². The minimum Gasteiger partial charge on any atom is -0.383 e. The van der Waals surface area contributed by atoms with Crippen molar-refractivity contribution < 1.29 is 4.74 Å². The number of aryl methyl sites for hydroxylation is 1. The quantitative estimate of drug-likeness (QED) is 0.778. The van der Waals surface area contributed by atoms with Crippen molar-refractivity contribution >= 4 is 0 Å². The molecule has 1 aromatic rings. The number of aromatic nitrogens is 3. The number of methoxy groups -OCH3 is 1. The number of ether oxygens (including phenoxy) is 1. The third-order valence-corrected chi connectivity index (χ3v) is 2.11. The van der Waals surface area contributed by atoms with E-state index in [-0.39, 0.29) is 6.04 Å². The van der Waals surface area contributed by atoms with Crippen LogP contribution < -0.4 is 5.73 Å². The van der Waals surface area contributed by atoms with Crippen molar-refractivity contribution in [3.05, 3.63) is 11.6 Å². The monoisotopic (exact) mass is 212 g/mol. The van der Waals surface area contributed by atoms with Crippen LogP contribution in [0.2, 0.25) is 0 Å². The van der Waals surface area contributed by atoms with Crippen LogP contribution in [0.4, 0.5) is 0 Å². The van der Waals surface area contributed by atoms with Gasteiger partial charge in [0.15, 0.2) is 5.82 Å². The van der Waals surface area contributed by atoms with E-state index in [0.717, 1.165) is 18.1 Å². The van der Waals surface area contributed by atoms with Gasteiger partial charge in [-0.2, -0.15) is 5.10 Å². The molecule has 0 aromatic carbocycles. The molecule has 15 heavy (non-hydrogen) atoms. The zero-order valence-electron chi connectivity index (χ0n) is 9.90. The molecule has 0 saturated carbocycles.